The summed E-state index contributed by atoms with van der Waals surface area (Å²) in [5.74, 6) is 0.638. The second kappa shape index (κ2) is 11.8. The Morgan fingerprint density at radius 3 is 2.62 bits per heavy atom. The molecule has 0 radical (unpaired) electrons. The molecular weight excluding hydrogens is 450 g/mol. The zero-order valence-corrected chi connectivity index (χ0v) is 19.5. The molecule has 0 saturated heterocycles. The second-order valence-electron chi connectivity index (χ2n) is 6.66. The van der Waals surface area contributed by atoms with Crippen LogP contribution in [0, 0.1) is 6.57 Å². The highest BCUT2D eigenvalue weighted by molar-refractivity contribution is 7.94. The normalized spacial score (nSPS) is 11.2. The van der Waals surface area contributed by atoms with Crippen molar-refractivity contribution in [3.05, 3.63) is 41.7 Å². The number of nitrogens with zero attached hydrogens (tertiary/aromatic N) is 5. The molecule has 1 heterocycles. The molecule has 0 spiro atoms. The Labute approximate surface area is 194 Å². The summed E-state index contributed by atoms with van der Waals surface area (Å²) < 4.78 is 11.0. The minimum Gasteiger partial charge on any atom is -0.691 e. The van der Waals surface area contributed by atoms with Gasteiger partial charge in [-0.15, -0.1) is 10.2 Å². The van der Waals surface area contributed by atoms with Gasteiger partial charge in [0.25, 0.3) is 0 Å². The Hall–Kier alpha value is -2.75. The number of thiazole rings is 1. The van der Waals surface area contributed by atoms with Crippen LogP contribution in [0.3, 0.4) is 0 Å². The van der Waals surface area contributed by atoms with Crippen molar-refractivity contribution in [3.63, 3.8) is 0 Å². The van der Waals surface area contributed by atoms with Crippen LogP contribution in [0.1, 0.15) is 26.7 Å². The van der Waals surface area contributed by atoms with Gasteiger partial charge in [-0.1, -0.05) is 31.3 Å². The molecule has 0 fully saturated rings. The highest BCUT2D eigenvalue weighted by Gasteiger charge is 2.17. The molecule has 0 aliphatic carbocycles. The smallest absolute Gasteiger partial charge is 0.231 e. The molecule has 0 aliphatic rings. The predicted molar refractivity (Wildman–Crippen MR) is 124 cm³/mol. The van der Waals surface area contributed by atoms with Gasteiger partial charge < -0.3 is 14.9 Å². The fraction of sp³-hybridized carbons (Fsp3) is 0.333. The molecule has 3 rings (SSSR count). The number of rotatable bonds is 11. The quantitative estimate of drug-likeness (QED) is 0.109. The number of hydrogen-bond donors (Lipinski definition) is 0. The monoisotopic (exact) mass is 472 g/mol. The van der Waals surface area contributed by atoms with Gasteiger partial charge in [0.1, 0.15) is 11.4 Å². The molecular formula is C21H22N5O4S2-. The van der Waals surface area contributed by atoms with Crippen molar-refractivity contribution < 1.29 is 19.4 Å². The fourth-order valence-corrected chi connectivity index (χ4v) is 4.41. The summed E-state index contributed by atoms with van der Waals surface area (Å²) in [7, 11) is 1.60. The van der Waals surface area contributed by atoms with Crippen molar-refractivity contribution in [2.45, 2.75) is 31.6 Å². The highest BCUT2D eigenvalue weighted by atomic mass is 32.2. The Morgan fingerprint density at radius 2 is 1.97 bits per heavy atom. The van der Waals surface area contributed by atoms with Crippen LogP contribution in [0.2, 0.25) is 0 Å². The van der Waals surface area contributed by atoms with E-state index in [1.165, 1.54) is 11.3 Å². The topological polar surface area (TPSA) is 96.0 Å². The standard InChI is InChI=1S/C21H23N5O4S2/c1-5-9-26(10-6-2)17-13-20(32-30-29-27)16(12-18(17)28-4)24-25-21-23-15-8-7-14(22-3)11-19(15)31-21/h7-8,11-13,27H,5-6,9-10H2,1-2,4H3/p-1. The predicted octanol–water partition coefficient (Wildman–Crippen LogP) is 6.13. The van der Waals surface area contributed by atoms with Gasteiger partial charge >= 0.3 is 0 Å². The molecule has 0 saturated carbocycles. The third-order valence-electron chi connectivity index (χ3n) is 4.47. The molecule has 3 aromatic rings. The van der Waals surface area contributed by atoms with Crippen LogP contribution in [0.4, 0.5) is 22.2 Å². The average Bonchev–Trinajstić information content (AvgIpc) is 3.23. The van der Waals surface area contributed by atoms with E-state index < -0.39 is 0 Å². The van der Waals surface area contributed by atoms with Crippen LogP contribution < -0.4 is 14.9 Å². The lowest BCUT2D eigenvalue weighted by Gasteiger charge is -2.26. The molecule has 0 atom stereocenters. The first-order valence-electron chi connectivity index (χ1n) is 9.93. The van der Waals surface area contributed by atoms with Crippen LogP contribution in [0.15, 0.2) is 45.5 Å². The third kappa shape index (κ3) is 5.73. The highest BCUT2D eigenvalue weighted by Crippen LogP contribution is 2.42. The molecule has 0 N–H and O–H groups in total. The Balaban J connectivity index is 1.99. The molecule has 0 unspecified atom stereocenters. The minimum absolute atomic E-state index is 0.445. The third-order valence-corrected chi connectivity index (χ3v) is 6.01. The molecule has 0 aliphatic heterocycles. The zero-order chi connectivity index (χ0) is 22.9. The van der Waals surface area contributed by atoms with E-state index in [4.69, 9.17) is 11.3 Å². The van der Waals surface area contributed by atoms with Crippen LogP contribution in [0.5, 0.6) is 5.75 Å². The van der Waals surface area contributed by atoms with Gasteiger partial charge in [0.05, 0.1) is 41.8 Å². The average molecular weight is 473 g/mol. The summed E-state index contributed by atoms with van der Waals surface area (Å²) in [4.78, 5) is 10.6. The maximum absolute atomic E-state index is 10.4. The number of aromatic nitrogens is 1. The number of ether oxygens (including phenoxy) is 1. The van der Waals surface area contributed by atoms with Gasteiger partial charge in [-0.2, -0.15) is 4.33 Å². The number of anilines is 1. The lowest BCUT2D eigenvalue weighted by atomic mass is 10.2. The first-order valence-corrected chi connectivity index (χ1v) is 11.5. The summed E-state index contributed by atoms with van der Waals surface area (Å²) in [5.41, 5.74) is 2.61. The maximum atomic E-state index is 10.4. The Bertz CT molecular complexity index is 1120. The lowest BCUT2D eigenvalue weighted by Crippen LogP contribution is -2.25. The van der Waals surface area contributed by atoms with Crippen molar-refractivity contribution >= 4 is 55.8 Å². The van der Waals surface area contributed by atoms with E-state index in [1.54, 1.807) is 31.4 Å². The second-order valence-corrected chi connectivity index (χ2v) is 8.41. The number of hydrogen-bond acceptors (Lipinski definition) is 10. The van der Waals surface area contributed by atoms with E-state index in [-0.39, 0.29) is 0 Å². The van der Waals surface area contributed by atoms with Gasteiger partial charge in [-0.25, -0.2) is 9.83 Å². The van der Waals surface area contributed by atoms with Gasteiger partial charge in [0.15, 0.2) is 5.69 Å². The first-order chi connectivity index (χ1) is 15.6. The molecule has 0 bridgehead atoms. The molecule has 168 valence electrons. The number of azo groups is 1. The molecule has 32 heavy (non-hydrogen) atoms. The number of benzene rings is 2. The lowest BCUT2D eigenvalue weighted by molar-refractivity contribution is -0.777. The van der Waals surface area contributed by atoms with Gasteiger partial charge in [-0.3, -0.25) is 5.04 Å². The van der Waals surface area contributed by atoms with Gasteiger partial charge in [0, 0.05) is 23.9 Å². The van der Waals surface area contributed by atoms with Crippen molar-refractivity contribution in [3.8, 4) is 5.75 Å². The van der Waals surface area contributed by atoms with Crippen molar-refractivity contribution in [2.75, 3.05) is 25.1 Å². The van der Waals surface area contributed by atoms with Crippen molar-refractivity contribution in [1.82, 2.24) is 4.98 Å². The largest absolute Gasteiger partial charge is 0.691 e. The Morgan fingerprint density at radius 1 is 1.19 bits per heavy atom. The molecule has 2 aromatic carbocycles. The first kappa shape index (κ1) is 23.9. The van der Waals surface area contributed by atoms with E-state index in [2.05, 4.69) is 48.2 Å². The van der Waals surface area contributed by atoms with Crippen molar-refractivity contribution in [1.29, 1.82) is 0 Å². The zero-order valence-electron chi connectivity index (χ0n) is 17.9. The van der Waals surface area contributed by atoms with E-state index in [0.29, 0.717) is 27.2 Å². The van der Waals surface area contributed by atoms with Gasteiger partial charge in [0.2, 0.25) is 5.13 Å². The van der Waals surface area contributed by atoms with Gasteiger partial charge in [-0.05, 0) is 31.0 Å². The summed E-state index contributed by atoms with van der Waals surface area (Å²) in [6.45, 7) is 13.1. The summed E-state index contributed by atoms with van der Waals surface area (Å²) in [6, 6.07) is 8.87. The van der Waals surface area contributed by atoms with Crippen LogP contribution in [-0.2, 0) is 9.37 Å². The van der Waals surface area contributed by atoms with E-state index in [1.807, 2.05) is 6.07 Å². The van der Waals surface area contributed by atoms with E-state index in [9.17, 15) is 5.26 Å². The molecule has 1 aromatic heterocycles. The van der Waals surface area contributed by atoms with Crippen LogP contribution in [0.25, 0.3) is 15.1 Å². The van der Waals surface area contributed by atoms with Crippen LogP contribution in [-0.4, -0.2) is 25.2 Å². The maximum Gasteiger partial charge on any atom is 0.231 e. The summed E-state index contributed by atoms with van der Waals surface area (Å²) in [6.07, 6.45) is 1.94. The van der Waals surface area contributed by atoms with Crippen LogP contribution >= 0.6 is 23.4 Å². The SMILES string of the molecule is [C-]#[N+]c1ccc2nc(N=Nc3cc(OC)c(N(CCC)CCC)cc3SOO[O-])sc2c1. The van der Waals surface area contributed by atoms with E-state index >= 15 is 0 Å². The van der Waals surface area contributed by atoms with E-state index in [0.717, 1.165) is 53.9 Å². The number of fused-ring (bicyclic) bond motifs is 1. The molecule has 9 nitrogen and oxygen atoms in total. The molecule has 11 heteroatoms. The minimum atomic E-state index is 0.445. The molecule has 0 amide bonds. The Kier molecular flexibility index (Phi) is 8.78. The van der Waals surface area contributed by atoms with Crippen molar-refractivity contribution in [2.24, 2.45) is 10.2 Å². The number of methoxy groups -OCH3 is 1. The summed E-state index contributed by atoms with van der Waals surface area (Å²) >= 11 is 2.09. The fourth-order valence-electron chi connectivity index (χ4n) is 3.15. The summed E-state index contributed by atoms with van der Waals surface area (Å²) in [5, 5.41) is 23.0.